The number of hydrogen-bond acceptors (Lipinski definition) is 5. The molecule has 21 heavy (non-hydrogen) atoms. The molecule has 0 spiro atoms. The van der Waals surface area contributed by atoms with Crippen molar-refractivity contribution in [3.05, 3.63) is 48.7 Å². The van der Waals surface area contributed by atoms with E-state index >= 15 is 0 Å². The zero-order valence-electron chi connectivity index (χ0n) is 11.8. The third kappa shape index (κ3) is 3.32. The first-order valence-electron chi connectivity index (χ1n) is 6.66. The average molecular weight is 284 g/mol. The van der Waals surface area contributed by atoms with Crippen LogP contribution in [0.4, 0.5) is 0 Å². The molecule has 0 atom stereocenters. The van der Waals surface area contributed by atoms with E-state index in [0.29, 0.717) is 19.7 Å². The van der Waals surface area contributed by atoms with E-state index in [-0.39, 0.29) is 0 Å². The molecule has 0 radical (unpaired) electrons. The Bertz CT molecular complexity index is 691. The van der Waals surface area contributed by atoms with Gasteiger partial charge in [0.1, 0.15) is 18.3 Å². The van der Waals surface area contributed by atoms with Crippen LogP contribution < -0.4 is 0 Å². The SMILES string of the molecule is COCc1cccc(-c2cn(CCn3cncn3)nn2)c1. The molecular formula is C14H16N6O. The summed E-state index contributed by atoms with van der Waals surface area (Å²) in [5, 5.41) is 12.4. The molecule has 0 saturated heterocycles. The predicted octanol–water partition coefficient (Wildman–Crippen LogP) is 1.38. The summed E-state index contributed by atoms with van der Waals surface area (Å²) < 4.78 is 8.72. The molecule has 3 rings (SSSR count). The number of nitrogens with zero attached hydrogens (tertiary/aromatic N) is 6. The molecule has 0 N–H and O–H groups in total. The lowest BCUT2D eigenvalue weighted by Crippen LogP contribution is -2.08. The van der Waals surface area contributed by atoms with E-state index in [4.69, 9.17) is 4.74 Å². The van der Waals surface area contributed by atoms with E-state index in [0.717, 1.165) is 16.8 Å². The van der Waals surface area contributed by atoms with Gasteiger partial charge >= 0.3 is 0 Å². The van der Waals surface area contributed by atoms with Gasteiger partial charge in [0.25, 0.3) is 0 Å². The summed E-state index contributed by atoms with van der Waals surface area (Å²) in [6.07, 6.45) is 5.14. The second-order valence-corrected chi connectivity index (χ2v) is 4.66. The maximum absolute atomic E-state index is 5.15. The molecule has 7 nitrogen and oxygen atoms in total. The fourth-order valence-corrected chi connectivity index (χ4v) is 2.08. The molecule has 0 amide bonds. The maximum Gasteiger partial charge on any atom is 0.137 e. The Labute approximate surface area is 122 Å². The van der Waals surface area contributed by atoms with Gasteiger partial charge in [-0.15, -0.1) is 5.10 Å². The molecular weight excluding hydrogens is 268 g/mol. The summed E-state index contributed by atoms with van der Waals surface area (Å²) in [5.41, 5.74) is 3.01. The number of hydrogen-bond donors (Lipinski definition) is 0. The van der Waals surface area contributed by atoms with Crippen LogP contribution >= 0.6 is 0 Å². The number of ether oxygens (including phenoxy) is 1. The van der Waals surface area contributed by atoms with Gasteiger partial charge in [-0.3, -0.25) is 9.36 Å². The number of aromatic nitrogens is 6. The highest BCUT2D eigenvalue weighted by Gasteiger charge is 2.05. The van der Waals surface area contributed by atoms with E-state index in [1.807, 2.05) is 24.4 Å². The second kappa shape index (κ2) is 6.27. The summed E-state index contributed by atoms with van der Waals surface area (Å²) >= 11 is 0. The van der Waals surface area contributed by atoms with Gasteiger partial charge in [0.2, 0.25) is 0 Å². The zero-order valence-corrected chi connectivity index (χ0v) is 11.8. The van der Waals surface area contributed by atoms with Gasteiger partial charge in [-0.25, -0.2) is 4.98 Å². The number of rotatable bonds is 6. The lowest BCUT2D eigenvalue weighted by molar-refractivity contribution is 0.185. The standard InChI is InChI=1S/C14H16N6O/c1-21-9-12-3-2-4-13(7-12)14-8-19(18-17-14)5-6-20-11-15-10-16-20/h2-4,7-8,10-11H,5-6,9H2,1H3. The second-order valence-electron chi connectivity index (χ2n) is 4.66. The van der Waals surface area contributed by atoms with Crippen molar-refractivity contribution >= 4 is 0 Å². The molecule has 2 heterocycles. The Balaban J connectivity index is 1.70. The van der Waals surface area contributed by atoms with Crippen LogP contribution in [0.25, 0.3) is 11.3 Å². The molecule has 0 aliphatic rings. The van der Waals surface area contributed by atoms with Crippen molar-refractivity contribution in [2.24, 2.45) is 0 Å². The fourth-order valence-electron chi connectivity index (χ4n) is 2.08. The van der Waals surface area contributed by atoms with Gasteiger partial charge in [0.05, 0.1) is 25.9 Å². The normalized spacial score (nSPS) is 10.9. The minimum atomic E-state index is 0.592. The van der Waals surface area contributed by atoms with Crippen molar-refractivity contribution in [3.63, 3.8) is 0 Å². The van der Waals surface area contributed by atoms with Crippen LogP contribution in [-0.2, 0) is 24.4 Å². The Kier molecular flexibility index (Phi) is 4.02. The Morgan fingerprint density at radius 1 is 1.19 bits per heavy atom. The molecule has 7 heteroatoms. The molecule has 0 saturated carbocycles. The van der Waals surface area contributed by atoms with Gasteiger partial charge in [-0.1, -0.05) is 23.4 Å². The quantitative estimate of drug-likeness (QED) is 0.684. The highest BCUT2D eigenvalue weighted by atomic mass is 16.5. The molecule has 0 aliphatic heterocycles. The van der Waals surface area contributed by atoms with Gasteiger partial charge in [-0.05, 0) is 11.6 Å². The molecule has 108 valence electrons. The summed E-state index contributed by atoms with van der Waals surface area (Å²) in [6, 6.07) is 8.11. The smallest absolute Gasteiger partial charge is 0.137 e. The van der Waals surface area contributed by atoms with E-state index in [9.17, 15) is 0 Å². The molecule has 0 bridgehead atoms. The molecule has 0 fully saturated rings. The third-order valence-electron chi connectivity index (χ3n) is 3.10. The van der Waals surface area contributed by atoms with Gasteiger partial charge < -0.3 is 4.74 Å². The van der Waals surface area contributed by atoms with Crippen LogP contribution in [0.5, 0.6) is 0 Å². The minimum absolute atomic E-state index is 0.592. The van der Waals surface area contributed by atoms with Crippen LogP contribution in [0.15, 0.2) is 43.1 Å². The van der Waals surface area contributed by atoms with E-state index < -0.39 is 0 Å². The van der Waals surface area contributed by atoms with Gasteiger partial charge in [0.15, 0.2) is 0 Å². The molecule has 3 aromatic rings. The Morgan fingerprint density at radius 3 is 2.90 bits per heavy atom. The summed E-state index contributed by atoms with van der Waals surface area (Å²) in [7, 11) is 1.69. The van der Waals surface area contributed by atoms with Crippen LogP contribution in [0, 0.1) is 0 Å². The van der Waals surface area contributed by atoms with Crippen LogP contribution in [0.1, 0.15) is 5.56 Å². The lowest BCUT2D eigenvalue weighted by atomic mass is 10.1. The van der Waals surface area contributed by atoms with Crippen molar-refractivity contribution < 1.29 is 4.74 Å². The summed E-state index contributed by atoms with van der Waals surface area (Å²) in [6.45, 7) is 2.01. The van der Waals surface area contributed by atoms with E-state index in [1.54, 1.807) is 22.8 Å². The van der Waals surface area contributed by atoms with E-state index in [2.05, 4.69) is 26.5 Å². The van der Waals surface area contributed by atoms with Gasteiger partial charge in [0, 0.05) is 12.7 Å². The van der Waals surface area contributed by atoms with Gasteiger partial charge in [-0.2, -0.15) is 5.10 Å². The summed E-state index contributed by atoms with van der Waals surface area (Å²) in [4.78, 5) is 3.91. The highest BCUT2D eigenvalue weighted by Crippen LogP contribution is 2.18. The molecule has 2 aromatic heterocycles. The molecule has 1 aromatic carbocycles. The third-order valence-corrected chi connectivity index (χ3v) is 3.10. The number of aryl methyl sites for hydroxylation is 2. The average Bonchev–Trinajstić information content (AvgIpc) is 3.17. The summed E-state index contributed by atoms with van der Waals surface area (Å²) in [5.74, 6) is 0. The van der Waals surface area contributed by atoms with Crippen molar-refractivity contribution in [1.82, 2.24) is 29.8 Å². The first kappa shape index (κ1) is 13.4. The van der Waals surface area contributed by atoms with Crippen molar-refractivity contribution in [1.29, 1.82) is 0 Å². The largest absolute Gasteiger partial charge is 0.380 e. The fraction of sp³-hybridized carbons (Fsp3) is 0.286. The number of methoxy groups -OCH3 is 1. The monoisotopic (exact) mass is 284 g/mol. The maximum atomic E-state index is 5.15. The Hall–Kier alpha value is -2.54. The first-order chi connectivity index (χ1) is 10.3. The predicted molar refractivity (Wildman–Crippen MR) is 76.2 cm³/mol. The topological polar surface area (TPSA) is 70.7 Å². The van der Waals surface area contributed by atoms with Crippen LogP contribution in [0.3, 0.4) is 0 Å². The van der Waals surface area contributed by atoms with Crippen LogP contribution in [0.2, 0.25) is 0 Å². The minimum Gasteiger partial charge on any atom is -0.380 e. The van der Waals surface area contributed by atoms with Crippen molar-refractivity contribution in [3.8, 4) is 11.3 Å². The number of benzene rings is 1. The zero-order chi connectivity index (χ0) is 14.5. The van der Waals surface area contributed by atoms with Crippen molar-refractivity contribution in [2.45, 2.75) is 19.7 Å². The van der Waals surface area contributed by atoms with Crippen LogP contribution in [-0.4, -0.2) is 36.9 Å². The van der Waals surface area contributed by atoms with Crippen molar-refractivity contribution in [2.75, 3.05) is 7.11 Å². The Morgan fingerprint density at radius 2 is 2.10 bits per heavy atom. The molecule has 0 unspecified atom stereocenters. The highest BCUT2D eigenvalue weighted by molar-refractivity contribution is 5.58. The molecule has 0 aliphatic carbocycles. The lowest BCUT2D eigenvalue weighted by Gasteiger charge is -2.02. The first-order valence-corrected chi connectivity index (χ1v) is 6.66. The van der Waals surface area contributed by atoms with E-state index in [1.165, 1.54) is 6.33 Å².